The van der Waals surface area contributed by atoms with E-state index in [4.69, 9.17) is 9.47 Å². The van der Waals surface area contributed by atoms with Gasteiger partial charge in [-0.3, -0.25) is 4.79 Å². The van der Waals surface area contributed by atoms with Crippen LogP contribution in [0.1, 0.15) is 25.3 Å². The Hall–Kier alpha value is -1.77. The second-order valence-electron chi connectivity index (χ2n) is 3.70. The van der Waals surface area contributed by atoms with Gasteiger partial charge in [-0.15, -0.1) is 0 Å². The van der Waals surface area contributed by atoms with Crippen LogP contribution in [-0.2, 0) is 4.79 Å². The SMILES string of the molecule is CCC/C(C=O)=C\c1ccc2c(c1)OCO2. The summed E-state index contributed by atoms with van der Waals surface area (Å²) in [6.45, 7) is 2.33. The zero-order valence-corrected chi connectivity index (χ0v) is 9.23. The monoisotopic (exact) mass is 218 g/mol. The van der Waals surface area contributed by atoms with E-state index >= 15 is 0 Å². The molecule has 0 saturated carbocycles. The van der Waals surface area contributed by atoms with Crippen molar-refractivity contribution in [1.82, 2.24) is 0 Å². The van der Waals surface area contributed by atoms with Gasteiger partial charge in [0.2, 0.25) is 6.79 Å². The first kappa shape index (κ1) is 10.7. The first-order chi connectivity index (χ1) is 7.83. The number of hydrogen-bond donors (Lipinski definition) is 0. The van der Waals surface area contributed by atoms with Crippen LogP contribution in [-0.4, -0.2) is 13.1 Å². The molecule has 0 spiro atoms. The third-order valence-electron chi connectivity index (χ3n) is 2.44. The molecule has 84 valence electrons. The fourth-order valence-electron chi connectivity index (χ4n) is 1.67. The van der Waals surface area contributed by atoms with Gasteiger partial charge in [0.1, 0.15) is 6.29 Å². The van der Waals surface area contributed by atoms with E-state index < -0.39 is 0 Å². The Morgan fingerprint density at radius 2 is 2.19 bits per heavy atom. The molecule has 0 radical (unpaired) electrons. The summed E-state index contributed by atoms with van der Waals surface area (Å²) in [6, 6.07) is 5.68. The van der Waals surface area contributed by atoms with Crippen molar-refractivity contribution in [3.8, 4) is 11.5 Å². The smallest absolute Gasteiger partial charge is 0.231 e. The molecule has 3 nitrogen and oxygen atoms in total. The van der Waals surface area contributed by atoms with Crippen molar-refractivity contribution in [3.63, 3.8) is 0 Å². The highest BCUT2D eigenvalue weighted by molar-refractivity contribution is 5.81. The van der Waals surface area contributed by atoms with Gasteiger partial charge < -0.3 is 9.47 Å². The molecule has 0 unspecified atom stereocenters. The van der Waals surface area contributed by atoms with E-state index in [0.29, 0.717) is 0 Å². The molecule has 0 N–H and O–H groups in total. The van der Waals surface area contributed by atoms with Gasteiger partial charge in [0, 0.05) is 0 Å². The molecular formula is C13H14O3. The molecule has 0 fully saturated rings. The minimum atomic E-state index is 0.276. The number of carbonyl (C=O) groups excluding carboxylic acids is 1. The van der Waals surface area contributed by atoms with Crippen LogP contribution < -0.4 is 9.47 Å². The summed E-state index contributed by atoms with van der Waals surface area (Å²) >= 11 is 0. The average Bonchev–Trinajstić information content (AvgIpc) is 2.75. The van der Waals surface area contributed by atoms with Gasteiger partial charge in [-0.25, -0.2) is 0 Å². The minimum Gasteiger partial charge on any atom is -0.454 e. The summed E-state index contributed by atoms with van der Waals surface area (Å²) in [6.07, 6.45) is 4.57. The fourth-order valence-corrected chi connectivity index (χ4v) is 1.67. The lowest BCUT2D eigenvalue weighted by molar-refractivity contribution is -0.105. The highest BCUT2D eigenvalue weighted by Crippen LogP contribution is 2.33. The zero-order chi connectivity index (χ0) is 11.4. The summed E-state index contributed by atoms with van der Waals surface area (Å²) in [5.41, 5.74) is 1.78. The lowest BCUT2D eigenvalue weighted by atomic mass is 10.1. The van der Waals surface area contributed by atoms with Gasteiger partial charge in [0.25, 0.3) is 0 Å². The number of benzene rings is 1. The van der Waals surface area contributed by atoms with Crippen molar-refractivity contribution >= 4 is 12.4 Å². The van der Waals surface area contributed by atoms with Crippen molar-refractivity contribution in [2.24, 2.45) is 0 Å². The number of aldehydes is 1. The van der Waals surface area contributed by atoms with E-state index in [9.17, 15) is 4.79 Å². The van der Waals surface area contributed by atoms with Gasteiger partial charge in [0.05, 0.1) is 0 Å². The highest BCUT2D eigenvalue weighted by Gasteiger charge is 2.12. The number of ether oxygens (including phenoxy) is 2. The van der Waals surface area contributed by atoms with E-state index in [1.165, 1.54) is 0 Å². The van der Waals surface area contributed by atoms with Crippen LogP contribution in [0.25, 0.3) is 6.08 Å². The van der Waals surface area contributed by atoms with Gasteiger partial charge in [-0.2, -0.15) is 0 Å². The van der Waals surface area contributed by atoms with Crippen molar-refractivity contribution in [2.75, 3.05) is 6.79 Å². The molecule has 16 heavy (non-hydrogen) atoms. The van der Waals surface area contributed by atoms with E-state index in [0.717, 1.165) is 41.8 Å². The molecule has 2 rings (SSSR count). The largest absolute Gasteiger partial charge is 0.454 e. The van der Waals surface area contributed by atoms with Crippen molar-refractivity contribution in [3.05, 3.63) is 29.3 Å². The van der Waals surface area contributed by atoms with Crippen LogP contribution in [0.4, 0.5) is 0 Å². The molecule has 0 aliphatic carbocycles. The summed E-state index contributed by atoms with van der Waals surface area (Å²) in [5.74, 6) is 1.51. The summed E-state index contributed by atoms with van der Waals surface area (Å²) in [5, 5.41) is 0. The van der Waals surface area contributed by atoms with Crippen molar-refractivity contribution in [2.45, 2.75) is 19.8 Å². The van der Waals surface area contributed by atoms with Crippen LogP contribution in [0.3, 0.4) is 0 Å². The van der Waals surface area contributed by atoms with Crippen LogP contribution in [0.15, 0.2) is 23.8 Å². The average molecular weight is 218 g/mol. The van der Waals surface area contributed by atoms with E-state index in [1.54, 1.807) is 0 Å². The van der Waals surface area contributed by atoms with E-state index in [1.807, 2.05) is 24.3 Å². The first-order valence-corrected chi connectivity index (χ1v) is 5.39. The third-order valence-corrected chi connectivity index (χ3v) is 2.44. The van der Waals surface area contributed by atoms with Crippen LogP contribution in [0, 0.1) is 0 Å². The molecule has 1 aromatic carbocycles. The second kappa shape index (κ2) is 4.84. The molecule has 0 aromatic heterocycles. The normalized spacial score (nSPS) is 13.9. The van der Waals surface area contributed by atoms with Gasteiger partial charge in [0.15, 0.2) is 11.5 Å². The van der Waals surface area contributed by atoms with Gasteiger partial charge in [-0.05, 0) is 35.8 Å². The Labute approximate surface area is 94.7 Å². The maximum atomic E-state index is 10.8. The first-order valence-electron chi connectivity index (χ1n) is 5.39. The topological polar surface area (TPSA) is 35.5 Å². The molecule has 0 bridgehead atoms. The predicted octanol–water partition coefficient (Wildman–Crippen LogP) is 2.80. The van der Waals surface area contributed by atoms with Crippen LogP contribution >= 0.6 is 0 Å². The molecule has 1 aliphatic rings. The lowest BCUT2D eigenvalue weighted by Crippen LogP contribution is -1.92. The van der Waals surface area contributed by atoms with E-state index in [-0.39, 0.29) is 6.79 Å². The third kappa shape index (κ3) is 2.24. The van der Waals surface area contributed by atoms with Crippen molar-refractivity contribution < 1.29 is 14.3 Å². The van der Waals surface area contributed by atoms with Crippen molar-refractivity contribution in [1.29, 1.82) is 0 Å². The molecule has 3 heteroatoms. The standard InChI is InChI=1S/C13H14O3/c1-2-3-11(8-14)6-10-4-5-12-13(7-10)16-9-15-12/h4-8H,2-3,9H2,1H3/b11-6+. The quantitative estimate of drug-likeness (QED) is 0.575. The number of fused-ring (bicyclic) bond motifs is 1. The van der Waals surface area contributed by atoms with E-state index in [2.05, 4.69) is 6.92 Å². The minimum absolute atomic E-state index is 0.276. The van der Waals surface area contributed by atoms with Gasteiger partial charge >= 0.3 is 0 Å². The Balaban J connectivity index is 2.24. The molecule has 1 heterocycles. The number of hydrogen-bond acceptors (Lipinski definition) is 3. The van der Waals surface area contributed by atoms with Gasteiger partial charge in [-0.1, -0.05) is 19.4 Å². The molecule has 0 saturated heterocycles. The number of rotatable bonds is 4. The maximum absolute atomic E-state index is 10.8. The zero-order valence-electron chi connectivity index (χ0n) is 9.23. The number of carbonyl (C=O) groups is 1. The number of allylic oxidation sites excluding steroid dienone is 1. The summed E-state index contributed by atoms with van der Waals surface area (Å²) in [4.78, 5) is 10.8. The maximum Gasteiger partial charge on any atom is 0.231 e. The fraction of sp³-hybridized carbons (Fsp3) is 0.308. The Morgan fingerprint density at radius 1 is 1.38 bits per heavy atom. The lowest BCUT2D eigenvalue weighted by Gasteiger charge is -2.00. The molecule has 1 aromatic rings. The Morgan fingerprint density at radius 3 is 2.94 bits per heavy atom. The second-order valence-corrected chi connectivity index (χ2v) is 3.70. The van der Waals surface area contributed by atoms with Crippen LogP contribution in [0.2, 0.25) is 0 Å². The summed E-state index contributed by atoms with van der Waals surface area (Å²) < 4.78 is 10.5. The molecule has 1 aliphatic heterocycles. The Kier molecular flexibility index (Phi) is 3.25. The predicted molar refractivity (Wildman–Crippen MR) is 61.5 cm³/mol. The molecule has 0 amide bonds. The molecular weight excluding hydrogens is 204 g/mol. The highest BCUT2D eigenvalue weighted by atomic mass is 16.7. The van der Waals surface area contributed by atoms with Crippen LogP contribution in [0.5, 0.6) is 11.5 Å². The summed E-state index contributed by atoms with van der Waals surface area (Å²) in [7, 11) is 0. The Bertz CT molecular complexity index is 421. The molecule has 0 atom stereocenters.